The van der Waals surface area contributed by atoms with Crippen LogP contribution in [-0.4, -0.2) is 30.8 Å². The fourth-order valence-electron chi connectivity index (χ4n) is 1.69. The summed E-state index contributed by atoms with van der Waals surface area (Å²) in [7, 11) is 1.32. The molecule has 0 saturated carbocycles. The summed E-state index contributed by atoms with van der Waals surface area (Å²) >= 11 is 0. The standard InChI is InChI=1S/C14H27NO4/c1-7-8-9-10(2)11(12(16)18-6)15-13(17)19-14(3,4)5/h10-11H,7-9H2,1-6H3,(H,15,17). The molecule has 1 amide bonds. The Labute approximate surface area is 116 Å². The molecule has 0 radical (unpaired) electrons. The van der Waals surface area contributed by atoms with Crippen molar-refractivity contribution in [1.29, 1.82) is 0 Å². The van der Waals surface area contributed by atoms with Crippen molar-refractivity contribution in [2.45, 2.75) is 65.5 Å². The number of amides is 1. The molecule has 2 atom stereocenters. The van der Waals surface area contributed by atoms with Gasteiger partial charge in [-0.2, -0.15) is 0 Å². The number of esters is 1. The largest absolute Gasteiger partial charge is 0.467 e. The van der Waals surface area contributed by atoms with E-state index in [0.29, 0.717) is 0 Å². The van der Waals surface area contributed by atoms with Crippen molar-refractivity contribution < 1.29 is 19.1 Å². The van der Waals surface area contributed by atoms with E-state index in [9.17, 15) is 9.59 Å². The van der Waals surface area contributed by atoms with Crippen LogP contribution in [0.3, 0.4) is 0 Å². The third-order valence-corrected chi connectivity index (χ3v) is 2.71. The van der Waals surface area contributed by atoms with Gasteiger partial charge in [-0.15, -0.1) is 0 Å². The molecule has 5 heteroatoms. The van der Waals surface area contributed by atoms with Crippen LogP contribution in [0.1, 0.15) is 53.9 Å². The lowest BCUT2D eigenvalue weighted by Gasteiger charge is -2.25. The molecule has 0 aromatic rings. The van der Waals surface area contributed by atoms with Gasteiger partial charge in [0.1, 0.15) is 11.6 Å². The van der Waals surface area contributed by atoms with E-state index in [0.717, 1.165) is 19.3 Å². The molecule has 0 aliphatic carbocycles. The van der Waals surface area contributed by atoms with E-state index in [4.69, 9.17) is 9.47 Å². The van der Waals surface area contributed by atoms with Gasteiger partial charge in [0.2, 0.25) is 0 Å². The second kappa shape index (κ2) is 8.02. The van der Waals surface area contributed by atoms with Crippen LogP contribution in [-0.2, 0) is 14.3 Å². The third-order valence-electron chi connectivity index (χ3n) is 2.71. The van der Waals surface area contributed by atoms with Crippen molar-refractivity contribution in [3.8, 4) is 0 Å². The first kappa shape index (κ1) is 17.7. The third kappa shape index (κ3) is 7.70. The number of alkyl carbamates (subject to hydrolysis) is 1. The van der Waals surface area contributed by atoms with Crippen LogP contribution in [0.2, 0.25) is 0 Å². The summed E-state index contributed by atoms with van der Waals surface area (Å²) in [6, 6.07) is -0.661. The van der Waals surface area contributed by atoms with Crippen molar-refractivity contribution in [3.05, 3.63) is 0 Å². The number of hydrogen-bond donors (Lipinski definition) is 1. The quantitative estimate of drug-likeness (QED) is 0.756. The highest BCUT2D eigenvalue weighted by molar-refractivity contribution is 5.81. The molecule has 0 heterocycles. The van der Waals surface area contributed by atoms with Gasteiger partial charge in [0, 0.05) is 0 Å². The summed E-state index contributed by atoms with van der Waals surface area (Å²) in [5, 5.41) is 2.60. The lowest BCUT2D eigenvalue weighted by Crippen LogP contribution is -2.47. The van der Waals surface area contributed by atoms with Gasteiger partial charge >= 0.3 is 12.1 Å². The minimum Gasteiger partial charge on any atom is -0.467 e. The number of rotatable bonds is 6. The molecule has 0 aliphatic rings. The van der Waals surface area contributed by atoms with Crippen LogP contribution in [0.5, 0.6) is 0 Å². The van der Waals surface area contributed by atoms with Gasteiger partial charge in [-0.25, -0.2) is 9.59 Å². The lowest BCUT2D eigenvalue weighted by atomic mass is 9.96. The second-order valence-corrected chi connectivity index (χ2v) is 5.77. The summed E-state index contributed by atoms with van der Waals surface area (Å²) in [6.45, 7) is 9.34. The Hall–Kier alpha value is -1.26. The second-order valence-electron chi connectivity index (χ2n) is 5.77. The minimum atomic E-state index is -0.661. The average molecular weight is 273 g/mol. The van der Waals surface area contributed by atoms with E-state index < -0.39 is 23.7 Å². The Morgan fingerprint density at radius 2 is 1.84 bits per heavy atom. The number of carbonyl (C=O) groups excluding carboxylic acids is 2. The van der Waals surface area contributed by atoms with Crippen LogP contribution in [0.15, 0.2) is 0 Å². The van der Waals surface area contributed by atoms with Crippen molar-refractivity contribution in [1.82, 2.24) is 5.32 Å². The van der Waals surface area contributed by atoms with Crippen LogP contribution in [0.25, 0.3) is 0 Å². The zero-order valence-corrected chi connectivity index (χ0v) is 12.9. The maximum absolute atomic E-state index is 11.7. The molecule has 0 aromatic carbocycles. The molecular weight excluding hydrogens is 246 g/mol. The van der Waals surface area contributed by atoms with Crippen LogP contribution >= 0.6 is 0 Å². The lowest BCUT2D eigenvalue weighted by molar-refractivity contribution is -0.144. The predicted octanol–water partition coefficient (Wildman–Crippen LogP) is 2.88. The average Bonchev–Trinajstić information content (AvgIpc) is 2.29. The molecule has 0 aliphatic heterocycles. The Kier molecular flexibility index (Phi) is 7.49. The molecule has 0 aromatic heterocycles. The highest BCUT2D eigenvalue weighted by Gasteiger charge is 2.29. The smallest absolute Gasteiger partial charge is 0.408 e. The van der Waals surface area contributed by atoms with Gasteiger partial charge in [0.25, 0.3) is 0 Å². The zero-order valence-electron chi connectivity index (χ0n) is 12.9. The highest BCUT2D eigenvalue weighted by Crippen LogP contribution is 2.15. The topological polar surface area (TPSA) is 64.6 Å². The van der Waals surface area contributed by atoms with E-state index in [2.05, 4.69) is 12.2 Å². The SMILES string of the molecule is CCCCC(C)C(NC(=O)OC(C)(C)C)C(=O)OC. The number of ether oxygens (including phenoxy) is 2. The maximum atomic E-state index is 11.7. The molecule has 0 spiro atoms. The molecule has 2 unspecified atom stereocenters. The van der Waals surface area contributed by atoms with Gasteiger partial charge in [-0.1, -0.05) is 26.7 Å². The molecule has 0 fully saturated rings. The number of nitrogens with one attached hydrogen (secondary N) is 1. The van der Waals surface area contributed by atoms with Crippen molar-refractivity contribution >= 4 is 12.1 Å². The number of methoxy groups -OCH3 is 1. The molecule has 0 bridgehead atoms. The Balaban J connectivity index is 4.59. The fourth-order valence-corrected chi connectivity index (χ4v) is 1.69. The van der Waals surface area contributed by atoms with Crippen LogP contribution < -0.4 is 5.32 Å². The van der Waals surface area contributed by atoms with E-state index in [1.165, 1.54) is 7.11 Å². The van der Waals surface area contributed by atoms with E-state index >= 15 is 0 Å². The van der Waals surface area contributed by atoms with Gasteiger partial charge in [-0.3, -0.25) is 0 Å². The van der Waals surface area contributed by atoms with E-state index in [1.807, 2.05) is 6.92 Å². The molecule has 0 rings (SSSR count). The first-order valence-electron chi connectivity index (χ1n) is 6.78. The summed E-state index contributed by atoms with van der Waals surface area (Å²) < 4.78 is 9.89. The van der Waals surface area contributed by atoms with Gasteiger partial charge < -0.3 is 14.8 Å². The number of carbonyl (C=O) groups is 2. The number of unbranched alkanes of at least 4 members (excludes halogenated alkanes) is 1. The van der Waals surface area contributed by atoms with E-state index in [-0.39, 0.29) is 5.92 Å². The fraction of sp³-hybridized carbons (Fsp3) is 0.857. The molecule has 0 saturated heterocycles. The van der Waals surface area contributed by atoms with Crippen molar-refractivity contribution in [3.63, 3.8) is 0 Å². The first-order chi connectivity index (χ1) is 8.71. The normalized spacial score (nSPS) is 14.4. The van der Waals surface area contributed by atoms with Gasteiger partial charge in [0.15, 0.2) is 0 Å². The van der Waals surface area contributed by atoms with Crippen molar-refractivity contribution in [2.75, 3.05) is 7.11 Å². The van der Waals surface area contributed by atoms with E-state index in [1.54, 1.807) is 20.8 Å². The predicted molar refractivity (Wildman–Crippen MR) is 73.9 cm³/mol. The maximum Gasteiger partial charge on any atom is 0.408 e. The molecular formula is C14H27NO4. The van der Waals surface area contributed by atoms with Crippen LogP contribution in [0.4, 0.5) is 4.79 Å². The zero-order chi connectivity index (χ0) is 15.1. The molecule has 1 N–H and O–H groups in total. The minimum absolute atomic E-state index is 0.0138. The highest BCUT2D eigenvalue weighted by atomic mass is 16.6. The molecule has 19 heavy (non-hydrogen) atoms. The van der Waals surface area contributed by atoms with Gasteiger partial charge in [-0.05, 0) is 33.1 Å². The monoisotopic (exact) mass is 273 g/mol. The summed E-state index contributed by atoms with van der Waals surface area (Å²) in [6.07, 6.45) is 2.31. The Morgan fingerprint density at radius 3 is 2.26 bits per heavy atom. The Morgan fingerprint density at radius 1 is 1.26 bits per heavy atom. The number of hydrogen-bond acceptors (Lipinski definition) is 4. The summed E-state index contributed by atoms with van der Waals surface area (Å²) in [4.78, 5) is 23.5. The summed E-state index contributed by atoms with van der Waals surface area (Å²) in [5.41, 5.74) is -0.586. The molecule has 5 nitrogen and oxygen atoms in total. The first-order valence-corrected chi connectivity index (χ1v) is 6.78. The van der Waals surface area contributed by atoms with Crippen LogP contribution in [0, 0.1) is 5.92 Å². The van der Waals surface area contributed by atoms with Crippen molar-refractivity contribution in [2.24, 2.45) is 5.92 Å². The summed E-state index contributed by atoms with van der Waals surface area (Å²) in [5.74, 6) is -0.422. The van der Waals surface area contributed by atoms with Gasteiger partial charge in [0.05, 0.1) is 7.11 Å². The molecule has 112 valence electrons. The Bertz CT molecular complexity index is 296.